The van der Waals surface area contributed by atoms with Crippen LogP contribution in [0.4, 0.5) is 0 Å². The average Bonchev–Trinajstić information content (AvgIpc) is 2.06. The molecule has 13 heavy (non-hydrogen) atoms. The van der Waals surface area contributed by atoms with Gasteiger partial charge in [-0.05, 0) is 34.7 Å². The van der Waals surface area contributed by atoms with E-state index in [0.29, 0.717) is 0 Å². The largest absolute Gasteiger partial charge is 0.511 e. The highest BCUT2D eigenvalue weighted by atomic mass is 127. The zero-order chi connectivity index (χ0) is 9.42. The van der Waals surface area contributed by atoms with Crippen LogP contribution in [-0.4, -0.2) is 17.2 Å². The summed E-state index contributed by atoms with van der Waals surface area (Å²) >= 11 is 2.16. The van der Waals surface area contributed by atoms with Crippen LogP contribution in [0.15, 0.2) is 33.6 Å². The molecule has 2 unspecified atom stereocenters. The summed E-state index contributed by atoms with van der Waals surface area (Å²) in [5.74, 6) is -0.594. The molecule has 1 N–H and O–H groups in total. The second kappa shape index (κ2) is 3.17. The van der Waals surface area contributed by atoms with E-state index < -0.39 is 5.97 Å². The van der Waals surface area contributed by atoms with Crippen molar-refractivity contribution in [3.05, 3.63) is 33.6 Å². The number of aliphatic hydroxyl groups excluding tert-OH is 1. The third-order valence-electron chi connectivity index (χ3n) is 2.00. The van der Waals surface area contributed by atoms with Crippen LogP contribution in [0.2, 0.25) is 0 Å². The molecule has 0 saturated carbocycles. The third kappa shape index (κ3) is 1.63. The Bertz CT molecular complexity index is 341. The number of fused-ring (bicyclic) bond motifs is 1. The maximum Gasteiger partial charge on any atom is 0.334 e. The minimum Gasteiger partial charge on any atom is -0.511 e. The number of aliphatic hydroxyl groups is 1. The number of carbonyl (C=O) groups excluding carboxylic acids is 1. The Kier molecular flexibility index (Phi) is 2.15. The first-order chi connectivity index (χ1) is 6.16. The zero-order valence-electron chi connectivity index (χ0n) is 6.61. The Morgan fingerprint density at radius 1 is 1.54 bits per heavy atom. The van der Waals surface area contributed by atoms with Crippen LogP contribution < -0.4 is 0 Å². The van der Waals surface area contributed by atoms with Crippen molar-refractivity contribution in [2.24, 2.45) is 5.92 Å². The lowest BCUT2D eigenvalue weighted by molar-refractivity contribution is -0.144. The van der Waals surface area contributed by atoms with E-state index in [0.717, 1.165) is 9.66 Å². The number of rotatable bonds is 0. The van der Waals surface area contributed by atoms with E-state index in [9.17, 15) is 9.90 Å². The van der Waals surface area contributed by atoms with Crippen molar-refractivity contribution in [3.63, 3.8) is 0 Å². The van der Waals surface area contributed by atoms with E-state index in [4.69, 9.17) is 4.74 Å². The van der Waals surface area contributed by atoms with Crippen LogP contribution in [0.3, 0.4) is 0 Å². The predicted molar refractivity (Wildman–Crippen MR) is 55.3 cm³/mol. The first-order valence-electron chi connectivity index (χ1n) is 3.83. The smallest absolute Gasteiger partial charge is 0.334 e. The molecule has 68 valence electrons. The average molecular weight is 290 g/mol. The van der Waals surface area contributed by atoms with Gasteiger partial charge in [-0.3, -0.25) is 0 Å². The standard InChI is InChI=1S/C9H7IO3/c10-5-1-2-8-6(3-5)7(11)4-9(12)13-8/h1-4,6,8,11H. The molecule has 2 atom stereocenters. The van der Waals surface area contributed by atoms with Gasteiger partial charge in [0.25, 0.3) is 0 Å². The number of esters is 1. The molecule has 1 heterocycles. The van der Waals surface area contributed by atoms with Gasteiger partial charge in [-0.2, -0.15) is 0 Å². The molecule has 2 aliphatic rings. The van der Waals surface area contributed by atoms with Gasteiger partial charge in [0.15, 0.2) is 0 Å². The Hall–Kier alpha value is -0.780. The monoisotopic (exact) mass is 290 g/mol. The van der Waals surface area contributed by atoms with E-state index in [2.05, 4.69) is 22.6 Å². The molecule has 0 aromatic heterocycles. The molecule has 0 aromatic carbocycles. The SMILES string of the molecule is O=C1C=C(O)C2C=C(I)C=CC2O1. The number of carbonyl (C=O) groups is 1. The second-order valence-electron chi connectivity index (χ2n) is 2.91. The van der Waals surface area contributed by atoms with Gasteiger partial charge in [-0.25, -0.2) is 4.79 Å². The van der Waals surface area contributed by atoms with Crippen molar-refractivity contribution in [1.82, 2.24) is 0 Å². The van der Waals surface area contributed by atoms with Gasteiger partial charge in [0.2, 0.25) is 0 Å². The van der Waals surface area contributed by atoms with E-state index in [1.807, 2.05) is 12.2 Å². The zero-order valence-corrected chi connectivity index (χ0v) is 8.76. The van der Waals surface area contributed by atoms with Crippen molar-refractivity contribution in [2.45, 2.75) is 6.10 Å². The molecule has 0 amide bonds. The Morgan fingerprint density at radius 3 is 3.08 bits per heavy atom. The molecule has 0 saturated heterocycles. The van der Waals surface area contributed by atoms with Gasteiger partial charge in [-0.15, -0.1) is 0 Å². The molecule has 0 fully saturated rings. The highest BCUT2D eigenvalue weighted by Crippen LogP contribution is 2.30. The van der Waals surface area contributed by atoms with Crippen LogP contribution in [0.5, 0.6) is 0 Å². The van der Waals surface area contributed by atoms with Gasteiger partial charge in [0, 0.05) is 3.58 Å². The number of hydrogen-bond acceptors (Lipinski definition) is 3. The van der Waals surface area contributed by atoms with Crippen LogP contribution in [-0.2, 0) is 9.53 Å². The van der Waals surface area contributed by atoms with Gasteiger partial charge in [-0.1, -0.05) is 6.08 Å². The van der Waals surface area contributed by atoms with Gasteiger partial charge in [0.1, 0.15) is 11.9 Å². The molecule has 1 aliphatic heterocycles. The maximum absolute atomic E-state index is 10.9. The first kappa shape index (κ1) is 8.80. The number of hydrogen-bond donors (Lipinski definition) is 1. The topological polar surface area (TPSA) is 46.5 Å². The molecule has 0 bridgehead atoms. The van der Waals surface area contributed by atoms with Gasteiger partial charge < -0.3 is 9.84 Å². The number of ether oxygens (including phenoxy) is 1. The van der Waals surface area contributed by atoms with Crippen LogP contribution >= 0.6 is 22.6 Å². The molecular weight excluding hydrogens is 283 g/mol. The van der Waals surface area contributed by atoms with Crippen LogP contribution in [0, 0.1) is 5.92 Å². The van der Waals surface area contributed by atoms with Crippen molar-refractivity contribution < 1.29 is 14.6 Å². The van der Waals surface area contributed by atoms with Gasteiger partial charge in [0.05, 0.1) is 12.0 Å². The lowest BCUT2D eigenvalue weighted by Gasteiger charge is -2.27. The Morgan fingerprint density at radius 2 is 2.31 bits per heavy atom. The fourth-order valence-corrected chi connectivity index (χ4v) is 1.97. The first-order valence-corrected chi connectivity index (χ1v) is 4.91. The molecule has 4 heteroatoms. The summed E-state index contributed by atoms with van der Waals surface area (Å²) < 4.78 is 6.04. The Balaban J connectivity index is 2.35. The van der Waals surface area contributed by atoms with Crippen molar-refractivity contribution >= 4 is 28.6 Å². The van der Waals surface area contributed by atoms with E-state index in [1.54, 1.807) is 6.08 Å². The normalized spacial score (nSPS) is 31.6. The summed E-state index contributed by atoms with van der Waals surface area (Å²) in [6.45, 7) is 0. The highest BCUT2D eigenvalue weighted by Gasteiger charge is 2.31. The highest BCUT2D eigenvalue weighted by molar-refractivity contribution is 14.1. The van der Waals surface area contributed by atoms with E-state index in [1.165, 1.54) is 0 Å². The van der Waals surface area contributed by atoms with E-state index in [-0.39, 0.29) is 17.8 Å². The van der Waals surface area contributed by atoms with Crippen molar-refractivity contribution in [3.8, 4) is 0 Å². The molecule has 1 aliphatic carbocycles. The predicted octanol–water partition coefficient (Wildman–Crippen LogP) is 1.86. The lowest BCUT2D eigenvalue weighted by Crippen LogP contribution is -2.31. The minimum atomic E-state index is -0.478. The summed E-state index contributed by atoms with van der Waals surface area (Å²) in [6.07, 6.45) is 6.32. The number of allylic oxidation sites excluding steroid dienone is 2. The maximum atomic E-state index is 10.9. The fraction of sp³-hybridized carbons (Fsp3) is 0.222. The van der Waals surface area contributed by atoms with Crippen molar-refractivity contribution in [2.75, 3.05) is 0 Å². The molecule has 0 radical (unpaired) electrons. The minimum absolute atomic E-state index is 0.0831. The summed E-state index contributed by atoms with van der Waals surface area (Å²) in [6, 6.07) is 0. The molecule has 2 rings (SSSR count). The third-order valence-corrected chi connectivity index (χ3v) is 2.72. The molecular formula is C9H7IO3. The summed E-state index contributed by atoms with van der Waals surface area (Å²) in [7, 11) is 0. The number of halogens is 1. The molecule has 0 aromatic rings. The second-order valence-corrected chi connectivity index (χ2v) is 4.15. The summed E-state index contributed by atoms with van der Waals surface area (Å²) in [4.78, 5) is 10.9. The van der Waals surface area contributed by atoms with Crippen LogP contribution in [0.1, 0.15) is 0 Å². The van der Waals surface area contributed by atoms with E-state index >= 15 is 0 Å². The summed E-state index contributed by atoms with van der Waals surface area (Å²) in [5.41, 5.74) is 0. The fourth-order valence-electron chi connectivity index (χ4n) is 1.38. The van der Waals surface area contributed by atoms with Crippen molar-refractivity contribution in [1.29, 1.82) is 0 Å². The van der Waals surface area contributed by atoms with Gasteiger partial charge >= 0.3 is 5.97 Å². The Labute approximate surface area is 88.9 Å². The molecule has 3 nitrogen and oxygen atoms in total. The lowest BCUT2D eigenvalue weighted by atomic mass is 9.93. The summed E-state index contributed by atoms with van der Waals surface area (Å²) in [5, 5.41) is 9.47. The quantitative estimate of drug-likeness (QED) is 0.547. The molecule has 0 spiro atoms. The van der Waals surface area contributed by atoms with Crippen LogP contribution in [0.25, 0.3) is 0 Å².